The number of ether oxygens (including phenoxy) is 1. The van der Waals surface area contributed by atoms with Crippen molar-refractivity contribution >= 4 is 17.1 Å². The number of carbonyl (C=O) groups is 1. The molecule has 144 valence electrons. The number of benzene rings is 2. The van der Waals surface area contributed by atoms with Crippen molar-refractivity contribution in [2.75, 3.05) is 6.61 Å². The van der Waals surface area contributed by atoms with Crippen LogP contribution in [0.1, 0.15) is 51.8 Å². The highest BCUT2D eigenvalue weighted by Gasteiger charge is 2.12. The molecular formula is C24H25NO2S. The summed E-state index contributed by atoms with van der Waals surface area (Å²) in [6.07, 6.45) is 5.75. The van der Waals surface area contributed by atoms with Crippen LogP contribution in [-0.4, -0.2) is 17.4 Å². The van der Waals surface area contributed by atoms with Crippen LogP contribution in [-0.2, 0) is 19.3 Å². The molecule has 0 amide bonds. The second-order valence-corrected chi connectivity index (χ2v) is 8.59. The number of aryl methyl sites for hydroxylation is 3. The number of nitrogens with zero attached hydrogens (tertiary/aromatic N) is 1. The predicted octanol–water partition coefficient (Wildman–Crippen LogP) is 5.82. The highest BCUT2D eigenvalue weighted by atomic mass is 32.1. The summed E-state index contributed by atoms with van der Waals surface area (Å²) in [6.45, 7) is 4.33. The molecule has 0 bridgehead atoms. The molecule has 3 nitrogen and oxygen atoms in total. The van der Waals surface area contributed by atoms with Crippen molar-refractivity contribution in [1.82, 2.24) is 4.98 Å². The van der Waals surface area contributed by atoms with Crippen molar-refractivity contribution < 1.29 is 9.53 Å². The third-order valence-corrected chi connectivity index (χ3v) is 6.42. The fourth-order valence-corrected chi connectivity index (χ4v) is 4.66. The summed E-state index contributed by atoms with van der Waals surface area (Å²) in [4.78, 5) is 17.5. The van der Waals surface area contributed by atoms with E-state index in [2.05, 4.69) is 25.1 Å². The lowest BCUT2D eigenvalue weighted by atomic mass is 9.92. The van der Waals surface area contributed by atoms with Crippen molar-refractivity contribution in [2.45, 2.75) is 46.0 Å². The fraction of sp³-hybridized carbons (Fsp3) is 0.333. The first kappa shape index (κ1) is 18.9. The Balaban J connectivity index is 1.40. The van der Waals surface area contributed by atoms with Gasteiger partial charge in [-0.3, -0.25) is 4.79 Å². The smallest absolute Gasteiger partial charge is 0.159 e. The number of fused-ring (bicyclic) bond motifs is 1. The SMILES string of the molecule is CC(=O)c1ccc(-c2nc(CCOc3ccc4c(c3)CCCC4)c(C)s2)cc1. The summed E-state index contributed by atoms with van der Waals surface area (Å²) in [5.74, 6) is 1.05. The number of Topliss-reactive ketones (excluding diaryl/α,β-unsaturated/α-hetero) is 1. The van der Waals surface area contributed by atoms with Crippen LogP contribution in [0.25, 0.3) is 10.6 Å². The van der Waals surface area contributed by atoms with Gasteiger partial charge in [-0.05, 0) is 62.8 Å². The topological polar surface area (TPSA) is 39.2 Å². The van der Waals surface area contributed by atoms with Crippen LogP contribution in [0, 0.1) is 6.92 Å². The number of thiazole rings is 1. The van der Waals surface area contributed by atoms with E-state index < -0.39 is 0 Å². The molecule has 1 aliphatic carbocycles. The highest BCUT2D eigenvalue weighted by molar-refractivity contribution is 7.15. The van der Waals surface area contributed by atoms with Gasteiger partial charge in [-0.1, -0.05) is 30.3 Å². The number of hydrogen-bond donors (Lipinski definition) is 0. The second-order valence-electron chi connectivity index (χ2n) is 7.39. The van der Waals surface area contributed by atoms with Gasteiger partial charge in [-0.15, -0.1) is 11.3 Å². The molecule has 1 aromatic heterocycles. The van der Waals surface area contributed by atoms with Crippen LogP contribution in [0.5, 0.6) is 5.75 Å². The van der Waals surface area contributed by atoms with E-state index in [9.17, 15) is 4.79 Å². The van der Waals surface area contributed by atoms with Gasteiger partial charge in [0.15, 0.2) is 5.78 Å². The van der Waals surface area contributed by atoms with Crippen LogP contribution in [0.3, 0.4) is 0 Å². The molecule has 2 aromatic carbocycles. The first-order valence-corrected chi connectivity index (χ1v) is 10.7. The lowest BCUT2D eigenvalue weighted by molar-refractivity contribution is 0.101. The zero-order chi connectivity index (χ0) is 19.5. The minimum absolute atomic E-state index is 0.0851. The molecule has 0 spiro atoms. The average molecular weight is 392 g/mol. The van der Waals surface area contributed by atoms with Crippen LogP contribution in [0.2, 0.25) is 0 Å². The normalized spacial score (nSPS) is 13.2. The lowest BCUT2D eigenvalue weighted by Crippen LogP contribution is -2.05. The van der Waals surface area contributed by atoms with E-state index in [1.54, 1.807) is 18.3 Å². The highest BCUT2D eigenvalue weighted by Crippen LogP contribution is 2.29. The molecule has 1 aliphatic rings. The summed E-state index contributed by atoms with van der Waals surface area (Å²) >= 11 is 1.69. The third-order valence-electron chi connectivity index (χ3n) is 5.36. The molecule has 0 saturated carbocycles. The van der Waals surface area contributed by atoms with Gasteiger partial charge in [0, 0.05) is 22.4 Å². The Morgan fingerprint density at radius 2 is 1.82 bits per heavy atom. The summed E-state index contributed by atoms with van der Waals surface area (Å²) in [7, 11) is 0. The van der Waals surface area contributed by atoms with Gasteiger partial charge in [-0.2, -0.15) is 0 Å². The molecule has 4 rings (SSSR count). The van der Waals surface area contributed by atoms with E-state index in [1.807, 2.05) is 24.3 Å². The quantitative estimate of drug-likeness (QED) is 0.497. The summed E-state index contributed by atoms with van der Waals surface area (Å²) in [5.41, 5.74) is 5.81. The molecule has 0 N–H and O–H groups in total. The van der Waals surface area contributed by atoms with Gasteiger partial charge in [0.2, 0.25) is 0 Å². The zero-order valence-corrected chi connectivity index (χ0v) is 17.3. The maximum atomic E-state index is 11.4. The molecule has 0 saturated heterocycles. The molecule has 28 heavy (non-hydrogen) atoms. The molecule has 3 aromatic rings. The van der Waals surface area contributed by atoms with Gasteiger partial charge < -0.3 is 4.74 Å². The van der Waals surface area contributed by atoms with Gasteiger partial charge in [0.05, 0.1) is 12.3 Å². The van der Waals surface area contributed by atoms with Crippen molar-refractivity contribution in [3.8, 4) is 16.3 Å². The largest absolute Gasteiger partial charge is 0.493 e. The molecule has 0 atom stereocenters. The van der Waals surface area contributed by atoms with Crippen LogP contribution < -0.4 is 4.74 Å². The van der Waals surface area contributed by atoms with E-state index in [1.165, 1.54) is 41.7 Å². The number of ketones is 1. The Morgan fingerprint density at radius 3 is 2.57 bits per heavy atom. The number of carbonyl (C=O) groups excluding carboxylic acids is 1. The number of hydrogen-bond acceptors (Lipinski definition) is 4. The van der Waals surface area contributed by atoms with Crippen molar-refractivity contribution in [1.29, 1.82) is 0 Å². The van der Waals surface area contributed by atoms with Gasteiger partial charge >= 0.3 is 0 Å². The molecule has 0 radical (unpaired) electrons. The van der Waals surface area contributed by atoms with Crippen LogP contribution in [0.15, 0.2) is 42.5 Å². The Kier molecular flexibility index (Phi) is 5.58. The maximum absolute atomic E-state index is 11.4. The monoisotopic (exact) mass is 391 g/mol. The first-order valence-electron chi connectivity index (χ1n) is 9.92. The van der Waals surface area contributed by atoms with E-state index >= 15 is 0 Å². The Hall–Kier alpha value is -2.46. The van der Waals surface area contributed by atoms with Gasteiger partial charge in [0.1, 0.15) is 10.8 Å². The number of aromatic nitrogens is 1. The van der Waals surface area contributed by atoms with E-state index in [-0.39, 0.29) is 5.78 Å². The van der Waals surface area contributed by atoms with Crippen molar-refractivity contribution in [3.63, 3.8) is 0 Å². The molecule has 4 heteroatoms. The Bertz CT molecular complexity index is 988. The minimum atomic E-state index is 0.0851. The maximum Gasteiger partial charge on any atom is 0.159 e. The molecular weight excluding hydrogens is 366 g/mol. The minimum Gasteiger partial charge on any atom is -0.493 e. The van der Waals surface area contributed by atoms with Gasteiger partial charge in [-0.25, -0.2) is 4.98 Å². The average Bonchev–Trinajstić information content (AvgIpc) is 3.08. The second kappa shape index (κ2) is 8.27. The van der Waals surface area contributed by atoms with E-state index in [4.69, 9.17) is 9.72 Å². The molecule has 0 aliphatic heterocycles. The summed E-state index contributed by atoms with van der Waals surface area (Å²) in [5, 5.41) is 0.997. The van der Waals surface area contributed by atoms with E-state index in [0.717, 1.165) is 34.0 Å². The molecule has 0 fully saturated rings. The van der Waals surface area contributed by atoms with Crippen LogP contribution >= 0.6 is 11.3 Å². The lowest BCUT2D eigenvalue weighted by Gasteiger charge is -2.16. The predicted molar refractivity (Wildman–Crippen MR) is 115 cm³/mol. The molecule has 0 unspecified atom stereocenters. The first-order chi connectivity index (χ1) is 13.6. The zero-order valence-electron chi connectivity index (χ0n) is 16.5. The van der Waals surface area contributed by atoms with E-state index in [0.29, 0.717) is 6.61 Å². The third kappa shape index (κ3) is 4.17. The molecule has 1 heterocycles. The Morgan fingerprint density at radius 1 is 1.07 bits per heavy atom. The van der Waals surface area contributed by atoms with Crippen LogP contribution in [0.4, 0.5) is 0 Å². The van der Waals surface area contributed by atoms with Crippen molar-refractivity contribution in [3.05, 3.63) is 69.7 Å². The fourth-order valence-electron chi connectivity index (χ4n) is 3.70. The van der Waals surface area contributed by atoms with Gasteiger partial charge in [0.25, 0.3) is 0 Å². The standard InChI is InChI=1S/C24H25NO2S/c1-16(26)18-7-9-20(10-8-18)24-25-23(17(2)28-24)13-14-27-22-12-11-19-5-3-4-6-21(19)15-22/h7-12,15H,3-6,13-14H2,1-2H3. The summed E-state index contributed by atoms with van der Waals surface area (Å²) in [6, 6.07) is 14.2. The Labute approximate surface area is 170 Å². The summed E-state index contributed by atoms with van der Waals surface area (Å²) < 4.78 is 6.02. The number of rotatable bonds is 6. The van der Waals surface area contributed by atoms with Crippen molar-refractivity contribution in [2.24, 2.45) is 0 Å².